The molecule has 0 aliphatic carbocycles. The van der Waals surface area contributed by atoms with E-state index < -0.39 is 0 Å². The van der Waals surface area contributed by atoms with E-state index in [0.29, 0.717) is 19.4 Å². The predicted molar refractivity (Wildman–Crippen MR) is 61.2 cm³/mol. The van der Waals surface area contributed by atoms with Crippen molar-refractivity contribution in [1.29, 1.82) is 5.26 Å². The van der Waals surface area contributed by atoms with Gasteiger partial charge in [-0.3, -0.25) is 0 Å². The monoisotopic (exact) mass is 217 g/mol. The lowest BCUT2D eigenvalue weighted by atomic mass is 10.1. The van der Waals surface area contributed by atoms with Crippen molar-refractivity contribution in [2.24, 2.45) is 0 Å². The summed E-state index contributed by atoms with van der Waals surface area (Å²) in [6.07, 6.45) is 1.74. The van der Waals surface area contributed by atoms with E-state index >= 15 is 0 Å². The average molecular weight is 217 g/mol. The maximum Gasteiger partial charge on any atom is 0.130 e. The molecule has 0 N–H and O–H groups in total. The van der Waals surface area contributed by atoms with Crippen LogP contribution in [0, 0.1) is 11.3 Å². The van der Waals surface area contributed by atoms with Crippen molar-refractivity contribution in [1.82, 2.24) is 0 Å². The molecule has 84 valence electrons. The van der Waals surface area contributed by atoms with Gasteiger partial charge in [0.05, 0.1) is 12.5 Å². The fraction of sp³-hybridized carbons (Fsp3) is 0.385. The van der Waals surface area contributed by atoms with Crippen molar-refractivity contribution in [2.75, 3.05) is 6.61 Å². The number of hydrogen-bond acceptors (Lipinski definition) is 3. The highest BCUT2D eigenvalue weighted by Gasteiger charge is 1.98. The normalized spacial score (nSPS) is 9.50. The fourth-order valence-corrected chi connectivity index (χ4v) is 1.29. The molecule has 0 aliphatic heterocycles. The number of Topliss-reactive ketones (excluding diaryl/α,β-unsaturated/α-hetero) is 1. The number of benzene rings is 1. The summed E-state index contributed by atoms with van der Waals surface area (Å²) < 4.78 is 5.34. The number of hydrogen-bond donors (Lipinski definition) is 0. The molecule has 0 fully saturated rings. The molecule has 1 aromatic rings. The Morgan fingerprint density at radius 2 is 2.06 bits per heavy atom. The van der Waals surface area contributed by atoms with Gasteiger partial charge in [-0.25, -0.2) is 0 Å². The van der Waals surface area contributed by atoms with Gasteiger partial charge in [0.1, 0.15) is 18.1 Å². The number of carbonyl (C=O) groups excluding carboxylic acids is 1. The molecule has 1 rings (SSSR count). The molecule has 0 amide bonds. The number of nitriles is 1. The lowest BCUT2D eigenvalue weighted by molar-refractivity contribution is -0.116. The van der Waals surface area contributed by atoms with Gasteiger partial charge in [0.15, 0.2) is 0 Å². The second-order valence-electron chi connectivity index (χ2n) is 3.60. The van der Waals surface area contributed by atoms with E-state index in [4.69, 9.17) is 10.00 Å². The minimum absolute atomic E-state index is 0.203. The Bertz CT molecular complexity index is 376. The van der Waals surface area contributed by atoms with E-state index in [2.05, 4.69) is 0 Å². The van der Waals surface area contributed by atoms with Crippen LogP contribution in [0.3, 0.4) is 0 Å². The number of rotatable bonds is 6. The second-order valence-corrected chi connectivity index (χ2v) is 3.60. The molecule has 0 aromatic heterocycles. The topological polar surface area (TPSA) is 50.1 Å². The predicted octanol–water partition coefficient (Wildman–Crippen LogP) is 2.50. The third-order valence-corrected chi connectivity index (χ3v) is 2.17. The van der Waals surface area contributed by atoms with Gasteiger partial charge >= 0.3 is 0 Å². The maximum atomic E-state index is 10.8. The Morgan fingerprint density at radius 3 is 2.62 bits per heavy atom. The van der Waals surface area contributed by atoms with Crippen LogP contribution in [0.15, 0.2) is 24.3 Å². The molecule has 0 saturated heterocycles. The highest BCUT2D eigenvalue weighted by Crippen LogP contribution is 2.13. The van der Waals surface area contributed by atoms with E-state index in [1.807, 2.05) is 30.3 Å². The summed E-state index contributed by atoms with van der Waals surface area (Å²) in [5, 5.41) is 8.35. The number of nitrogens with zero attached hydrogens (tertiary/aromatic N) is 1. The Labute approximate surface area is 95.7 Å². The van der Waals surface area contributed by atoms with Crippen LogP contribution in [0.1, 0.15) is 25.3 Å². The molecule has 16 heavy (non-hydrogen) atoms. The Balaban J connectivity index is 2.42. The van der Waals surface area contributed by atoms with Gasteiger partial charge in [0.2, 0.25) is 0 Å². The molecule has 3 heteroatoms. The van der Waals surface area contributed by atoms with Crippen molar-refractivity contribution >= 4 is 5.78 Å². The van der Waals surface area contributed by atoms with Crippen LogP contribution in [0.5, 0.6) is 5.75 Å². The van der Waals surface area contributed by atoms with E-state index in [-0.39, 0.29) is 5.78 Å². The SMILES string of the molecule is CC(=O)CCc1ccc(OCCC#N)cc1. The first kappa shape index (κ1) is 12.3. The third-order valence-electron chi connectivity index (χ3n) is 2.17. The fourth-order valence-electron chi connectivity index (χ4n) is 1.29. The van der Waals surface area contributed by atoms with Gasteiger partial charge in [0.25, 0.3) is 0 Å². The standard InChI is InChI=1S/C13H15NO2/c1-11(15)3-4-12-5-7-13(8-6-12)16-10-2-9-14/h5-8H,2-4,10H2,1H3. The zero-order chi connectivity index (χ0) is 11.8. The molecule has 0 heterocycles. The first-order valence-corrected chi connectivity index (χ1v) is 5.30. The lowest BCUT2D eigenvalue weighted by Crippen LogP contribution is -1.97. The largest absolute Gasteiger partial charge is 0.493 e. The summed E-state index contributed by atoms with van der Waals surface area (Å²) in [7, 11) is 0. The number of ether oxygens (including phenoxy) is 1. The van der Waals surface area contributed by atoms with Gasteiger partial charge in [-0.05, 0) is 31.0 Å². The number of carbonyl (C=O) groups is 1. The smallest absolute Gasteiger partial charge is 0.130 e. The average Bonchev–Trinajstić information content (AvgIpc) is 2.28. The minimum atomic E-state index is 0.203. The Morgan fingerprint density at radius 1 is 1.38 bits per heavy atom. The first-order chi connectivity index (χ1) is 7.72. The summed E-state index contributed by atoms with van der Waals surface area (Å²) in [4.78, 5) is 10.8. The van der Waals surface area contributed by atoms with Crippen molar-refractivity contribution in [3.05, 3.63) is 29.8 Å². The molecular weight excluding hydrogens is 202 g/mol. The van der Waals surface area contributed by atoms with Crippen molar-refractivity contribution in [2.45, 2.75) is 26.2 Å². The molecule has 0 bridgehead atoms. The van der Waals surface area contributed by atoms with Crippen molar-refractivity contribution in [3.63, 3.8) is 0 Å². The van der Waals surface area contributed by atoms with Gasteiger partial charge in [-0.2, -0.15) is 5.26 Å². The molecule has 0 unspecified atom stereocenters. The molecule has 0 aliphatic rings. The zero-order valence-electron chi connectivity index (χ0n) is 9.40. The summed E-state index contributed by atoms with van der Waals surface area (Å²) in [5.41, 5.74) is 1.13. The first-order valence-electron chi connectivity index (χ1n) is 5.30. The summed E-state index contributed by atoms with van der Waals surface area (Å²) in [6, 6.07) is 9.65. The Hall–Kier alpha value is -1.82. The van der Waals surface area contributed by atoms with E-state index in [0.717, 1.165) is 17.7 Å². The highest BCUT2D eigenvalue weighted by molar-refractivity contribution is 5.75. The number of aryl methyl sites for hydroxylation is 1. The van der Waals surface area contributed by atoms with Crippen LogP contribution in [-0.4, -0.2) is 12.4 Å². The van der Waals surface area contributed by atoms with Crippen molar-refractivity contribution < 1.29 is 9.53 Å². The van der Waals surface area contributed by atoms with Gasteiger partial charge in [0, 0.05) is 6.42 Å². The quantitative estimate of drug-likeness (QED) is 0.688. The molecule has 3 nitrogen and oxygen atoms in total. The van der Waals surface area contributed by atoms with Crippen LogP contribution in [-0.2, 0) is 11.2 Å². The van der Waals surface area contributed by atoms with E-state index in [1.165, 1.54) is 0 Å². The van der Waals surface area contributed by atoms with Crippen LogP contribution in [0.2, 0.25) is 0 Å². The Kier molecular flexibility index (Phi) is 5.07. The zero-order valence-corrected chi connectivity index (χ0v) is 9.40. The summed E-state index contributed by atoms with van der Waals surface area (Å²) in [5.74, 6) is 0.969. The second kappa shape index (κ2) is 6.62. The van der Waals surface area contributed by atoms with Crippen LogP contribution < -0.4 is 4.74 Å². The third kappa shape index (κ3) is 4.61. The van der Waals surface area contributed by atoms with Crippen LogP contribution >= 0.6 is 0 Å². The van der Waals surface area contributed by atoms with Gasteiger partial charge in [-0.15, -0.1) is 0 Å². The van der Waals surface area contributed by atoms with Crippen LogP contribution in [0.4, 0.5) is 0 Å². The maximum absolute atomic E-state index is 10.8. The minimum Gasteiger partial charge on any atom is -0.493 e. The summed E-state index contributed by atoms with van der Waals surface area (Å²) in [6.45, 7) is 2.02. The molecule has 0 spiro atoms. The van der Waals surface area contributed by atoms with E-state index in [9.17, 15) is 4.79 Å². The molecule has 0 atom stereocenters. The molecule has 0 radical (unpaired) electrons. The van der Waals surface area contributed by atoms with Crippen molar-refractivity contribution in [3.8, 4) is 11.8 Å². The van der Waals surface area contributed by atoms with Crippen LogP contribution in [0.25, 0.3) is 0 Å². The lowest BCUT2D eigenvalue weighted by Gasteiger charge is -2.04. The highest BCUT2D eigenvalue weighted by atomic mass is 16.5. The molecule has 0 saturated carbocycles. The van der Waals surface area contributed by atoms with Gasteiger partial charge in [-0.1, -0.05) is 12.1 Å². The van der Waals surface area contributed by atoms with Gasteiger partial charge < -0.3 is 9.53 Å². The molecular formula is C13H15NO2. The molecule has 1 aromatic carbocycles. The summed E-state index contributed by atoms with van der Waals surface area (Å²) >= 11 is 0. The van der Waals surface area contributed by atoms with E-state index in [1.54, 1.807) is 6.92 Å². The number of ketones is 1.